The molecule has 0 aromatic heterocycles. The molecule has 0 aliphatic rings. The number of rotatable bonds is 8. The first-order valence-electron chi connectivity index (χ1n) is 6.74. The fraction of sp³-hybridized carbons (Fsp3) is 0.438. The van der Waals surface area contributed by atoms with Gasteiger partial charge >= 0.3 is 5.97 Å². The van der Waals surface area contributed by atoms with Crippen LogP contribution in [0.15, 0.2) is 43.0 Å². The van der Waals surface area contributed by atoms with E-state index in [0.717, 1.165) is 13.0 Å². The van der Waals surface area contributed by atoms with Gasteiger partial charge in [0.2, 0.25) is 0 Å². The Morgan fingerprint density at radius 3 is 2.68 bits per heavy atom. The van der Waals surface area contributed by atoms with E-state index in [0.29, 0.717) is 13.2 Å². The van der Waals surface area contributed by atoms with Crippen molar-refractivity contribution in [3.8, 4) is 0 Å². The topological polar surface area (TPSA) is 29.5 Å². The minimum atomic E-state index is -0.172. The highest BCUT2D eigenvalue weighted by Crippen LogP contribution is 2.20. The molecule has 0 radical (unpaired) electrons. The van der Waals surface area contributed by atoms with E-state index in [1.807, 2.05) is 31.2 Å². The van der Waals surface area contributed by atoms with E-state index in [1.165, 1.54) is 5.56 Å². The molecule has 0 saturated carbocycles. The molecule has 0 N–H and O–H groups in total. The number of nitrogens with zero attached hydrogens (tertiary/aromatic N) is 1. The molecular weight excluding hydrogens is 238 g/mol. The lowest BCUT2D eigenvalue weighted by Crippen LogP contribution is -2.34. The lowest BCUT2D eigenvalue weighted by Gasteiger charge is -2.28. The van der Waals surface area contributed by atoms with Gasteiger partial charge in [-0.2, -0.15) is 0 Å². The summed E-state index contributed by atoms with van der Waals surface area (Å²) in [7, 11) is 0. The predicted octanol–water partition coefficient (Wildman–Crippen LogP) is 3.19. The highest BCUT2D eigenvalue weighted by atomic mass is 16.5. The van der Waals surface area contributed by atoms with Crippen molar-refractivity contribution in [2.45, 2.75) is 26.3 Å². The SMILES string of the molecule is C=CCCN(CC(=O)OCC)[C@@H](C)c1ccccc1. The van der Waals surface area contributed by atoms with Crippen LogP contribution >= 0.6 is 0 Å². The Hall–Kier alpha value is -1.61. The maximum atomic E-state index is 11.7. The number of ether oxygens (including phenoxy) is 1. The zero-order chi connectivity index (χ0) is 14.1. The summed E-state index contributed by atoms with van der Waals surface area (Å²) in [5, 5.41) is 0. The Balaban J connectivity index is 2.72. The fourth-order valence-corrected chi connectivity index (χ4v) is 1.98. The number of carbonyl (C=O) groups excluding carboxylic acids is 1. The van der Waals surface area contributed by atoms with Crippen LogP contribution in [0.4, 0.5) is 0 Å². The van der Waals surface area contributed by atoms with Gasteiger partial charge in [0.1, 0.15) is 0 Å². The molecule has 0 bridgehead atoms. The molecule has 0 saturated heterocycles. The van der Waals surface area contributed by atoms with Crippen molar-refractivity contribution in [3.05, 3.63) is 48.6 Å². The van der Waals surface area contributed by atoms with Crippen molar-refractivity contribution in [2.24, 2.45) is 0 Å². The number of hydrogen-bond acceptors (Lipinski definition) is 3. The molecule has 0 aliphatic carbocycles. The summed E-state index contributed by atoms with van der Waals surface area (Å²) in [5.74, 6) is -0.172. The van der Waals surface area contributed by atoms with E-state index in [4.69, 9.17) is 4.74 Å². The highest BCUT2D eigenvalue weighted by Gasteiger charge is 2.18. The smallest absolute Gasteiger partial charge is 0.320 e. The molecule has 0 heterocycles. The zero-order valence-electron chi connectivity index (χ0n) is 11.8. The lowest BCUT2D eigenvalue weighted by atomic mass is 10.1. The third-order valence-corrected chi connectivity index (χ3v) is 3.09. The van der Waals surface area contributed by atoms with Crippen LogP contribution < -0.4 is 0 Å². The van der Waals surface area contributed by atoms with Gasteiger partial charge in [-0.05, 0) is 25.8 Å². The molecule has 1 rings (SSSR count). The van der Waals surface area contributed by atoms with Crippen LogP contribution in [0.2, 0.25) is 0 Å². The normalized spacial score (nSPS) is 12.2. The summed E-state index contributed by atoms with van der Waals surface area (Å²) in [5.41, 5.74) is 1.20. The van der Waals surface area contributed by atoms with Gasteiger partial charge < -0.3 is 4.74 Å². The molecule has 1 aromatic carbocycles. The molecule has 0 unspecified atom stereocenters. The minimum absolute atomic E-state index is 0.172. The Morgan fingerprint density at radius 1 is 1.42 bits per heavy atom. The van der Waals surface area contributed by atoms with E-state index in [9.17, 15) is 4.79 Å². The summed E-state index contributed by atoms with van der Waals surface area (Å²) >= 11 is 0. The molecule has 0 aliphatic heterocycles. The Kier molecular flexibility index (Phi) is 6.90. The maximum absolute atomic E-state index is 11.7. The van der Waals surface area contributed by atoms with Gasteiger partial charge in [0.15, 0.2) is 0 Å². The summed E-state index contributed by atoms with van der Waals surface area (Å²) in [6, 6.07) is 10.4. The van der Waals surface area contributed by atoms with Gasteiger partial charge in [-0.3, -0.25) is 9.69 Å². The van der Waals surface area contributed by atoms with Crippen LogP contribution in [0.1, 0.15) is 31.9 Å². The summed E-state index contributed by atoms with van der Waals surface area (Å²) in [6.45, 7) is 9.22. The second-order valence-corrected chi connectivity index (χ2v) is 4.44. The zero-order valence-corrected chi connectivity index (χ0v) is 11.8. The van der Waals surface area contributed by atoms with E-state index >= 15 is 0 Å². The molecule has 0 amide bonds. The molecule has 1 aromatic rings. The van der Waals surface area contributed by atoms with Crippen LogP contribution in [0.3, 0.4) is 0 Å². The number of benzene rings is 1. The molecule has 19 heavy (non-hydrogen) atoms. The Labute approximate surface area is 115 Å². The van der Waals surface area contributed by atoms with Gasteiger partial charge in [-0.1, -0.05) is 36.4 Å². The van der Waals surface area contributed by atoms with E-state index in [1.54, 1.807) is 0 Å². The molecule has 0 spiro atoms. The van der Waals surface area contributed by atoms with Crippen LogP contribution in [0.25, 0.3) is 0 Å². The fourth-order valence-electron chi connectivity index (χ4n) is 1.98. The number of esters is 1. The average molecular weight is 261 g/mol. The Bertz CT molecular complexity index is 389. The summed E-state index contributed by atoms with van der Waals surface area (Å²) < 4.78 is 5.03. The van der Waals surface area contributed by atoms with Gasteiger partial charge in [-0.25, -0.2) is 0 Å². The van der Waals surface area contributed by atoms with Crippen molar-refractivity contribution < 1.29 is 9.53 Å². The first kappa shape index (κ1) is 15.4. The Morgan fingerprint density at radius 2 is 2.11 bits per heavy atom. The van der Waals surface area contributed by atoms with Crippen molar-refractivity contribution in [2.75, 3.05) is 19.7 Å². The van der Waals surface area contributed by atoms with Crippen molar-refractivity contribution in [1.82, 2.24) is 4.90 Å². The molecule has 3 heteroatoms. The minimum Gasteiger partial charge on any atom is -0.465 e. The number of carbonyl (C=O) groups is 1. The van der Waals surface area contributed by atoms with Crippen molar-refractivity contribution in [1.29, 1.82) is 0 Å². The second kappa shape index (κ2) is 8.48. The van der Waals surface area contributed by atoms with Crippen molar-refractivity contribution >= 4 is 5.97 Å². The van der Waals surface area contributed by atoms with Crippen LogP contribution in [-0.2, 0) is 9.53 Å². The molecule has 1 atom stereocenters. The first-order valence-corrected chi connectivity index (χ1v) is 6.74. The molecule has 104 valence electrons. The third-order valence-electron chi connectivity index (χ3n) is 3.09. The van der Waals surface area contributed by atoms with Gasteiger partial charge in [0.05, 0.1) is 13.2 Å². The standard InChI is InChI=1S/C16H23NO2/c1-4-6-12-17(13-16(18)19-5-2)14(3)15-10-8-7-9-11-15/h4,7-11,14H,1,5-6,12-13H2,2-3H3/t14-/m0/s1. The van der Waals surface area contributed by atoms with E-state index in [2.05, 4.69) is 30.5 Å². The lowest BCUT2D eigenvalue weighted by molar-refractivity contribution is -0.145. The monoisotopic (exact) mass is 261 g/mol. The van der Waals surface area contributed by atoms with Gasteiger partial charge in [-0.15, -0.1) is 6.58 Å². The second-order valence-electron chi connectivity index (χ2n) is 4.44. The van der Waals surface area contributed by atoms with E-state index in [-0.39, 0.29) is 12.0 Å². The predicted molar refractivity (Wildman–Crippen MR) is 77.9 cm³/mol. The van der Waals surface area contributed by atoms with Gasteiger partial charge in [0.25, 0.3) is 0 Å². The third kappa shape index (κ3) is 5.26. The van der Waals surface area contributed by atoms with Crippen LogP contribution in [0, 0.1) is 0 Å². The number of hydrogen-bond donors (Lipinski definition) is 0. The largest absolute Gasteiger partial charge is 0.465 e. The highest BCUT2D eigenvalue weighted by molar-refractivity contribution is 5.71. The molecular formula is C16H23NO2. The quantitative estimate of drug-likeness (QED) is 0.531. The summed E-state index contributed by atoms with van der Waals surface area (Å²) in [4.78, 5) is 13.8. The first-order chi connectivity index (χ1) is 9.19. The van der Waals surface area contributed by atoms with Crippen molar-refractivity contribution in [3.63, 3.8) is 0 Å². The molecule has 3 nitrogen and oxygen atoms in total. The van der Waals surface area contributed by atoms with Gasteiger partial charge in [0, 0.05) is 12.6 Å². The average Bonchev–Trinajstić information content (AvgIpc) is 2.44. The van der Waals surface area contributed by atoms with Crippen LogP contribution in [-0.4, -0.2) is 30.6 Å². The van der Waals surface area contributed by atoms with Crippen LogP contribution in [0.5, 0.6) is 0 Å². The molecule has 0 fully saturated rings. The summed E-state index contributed by atoms with van der Waals surface area (Å²) in [6.07, 6.45) is 2.73. The maximum Gasteiger partial charge on any atom is 0.320 e. The van der Waals surface area contributed by atoms with E-state index < -0.39 is 0 Å².